The van der Waals surface area contributed by atoms with Crippen molar-refractivity contribution in [2.75, 3.05) is 19.6 Å². The largest absolute Gasteiger partial charge is 0.387 e. The number of likely N-dealkylation sites (tertiary alicyclic amines) is 1. The van der Waals surface area contributed by atoms with E-state index in [0.717, 1.165) is 29.7 Å². The lowest BCUT2D eigenvalue weighted by Crippen LogP contribution is -2.29. The van der Waals surface area contributed by atoms with Crippen LogP contribution in [-0.2, 0) is 0 Å². The Morgan fingerprint density at radius 1 is 1.12 bits per heavy atom. The lowest BCUT2D eigenvalue weighted by molar-refractivity contribution is 0.114. The maximum Gasteiger partial charge on any atom is 0.0927 e. The maximum absolute atomic E-state index is 10.3. The molecule has 1 aromatic rings. The van der Waals surface area contributed by atoms with Crippen molar-refractivity contribution < 1.29 is 5.11 Å². The summed E-state index contributed by atoms with van der Waals surface area (Å²) in [6, 6.07) is 7.94. The number of hydrogen-bond acceptors (Lipinski definition) is 2. The van der Waals surface area contributed by atoms with E-state index < -0.39 is 0 Å². The number of hydrogen-bond donors (Lipinski definition) is 1. The molecule has 1 N–H and O–H groups in total. The zero-order valence-corrected chi connectivity index (χ0v) is 11.7. The molecule has 1 fully saturated rings. The fourth-order valence-electron chi connectivity index (χ4n) is 2.41. The number of halogens is 1. The molecule has 94 valence electrons. The van der Waals surface area contributed by atoms with Gasteiger partial charge in [0, 0.05) is 11.0 Å². The van der Waals surface area contributed by atoms with E-state index in [2.05, 4.69) is 20.8 Å². The summed E-state index contributed by atoms with van der Waals surface area (Å²) in [5, 5.41) is 10.3. The number of β-amino-alcohol motifs (C(OH)–C–C–N with tert-alkyl or cyclic N) is 1. The van der Waals surface area contributed by atoms with E-state index in [-0.39, 0.29) is 6.10 Å². The van der Waals surface area contributed by atoms with Crippen molar-refractivity contribution in [2.45, 2.75) is 31.8 Å². The molecule has 0 aromatic heterocycles. The van der Waals surface area contributed by atoms with Gasteiger partial charge in [-0.05, 0) is 37.6 Å². The van der Waals surface area contributed by atoms with Crippen LogP contribution in [0.5, 0.6) is 0 Å². The Kier molecular flexibility index (Phi) is 5.01. The number of benzene rings is 1. The first-order chi connectivity index (χ1) is 8.27. The Balaban J connectivity index is 1.96. The highest BCUT2D eigenvalue weighted by molar-refractivity contribution is 9.10. The molecule has 0 saturated carbocycles. The highest BCUT2D eigenvalue weighted by atomic mass is 79.9. The van der Waals surface area contributed by atoms with Gasteiger partial charge in [-0.15, -0.1) is 0 Å². The molecule has 0 bridgehead atoms. The van der Waals surface area contributed by atoms with Gasteiger partial charge >= 0.3 is 0 Å². The molecule has 1 aliphatic rings. The Morgan fingerprint density at radius 3 is 2.41 bits per heavy atom. The summed E-state index contributed by atoms with van der Waals surface area (Å²) in [6.07, 6.45) is 4.82. The zero-order valence-electron chi connectivity index (χ0n) is 10.1. The van der Waals surface area contributed by atoms with Crippen LogP contribution < -0.4 is 0 Å². The van der Waals surface area contributed by atoms with Crippen LogP contribution in [0.4, 0.5) is 0 Å². The average Bonchev–Trinajstić information content (AvgIpc) is 2.58. The molecule has 0 aliphatic carbocycles. The second-order valence-electron chi connectivity index (χ2n) is 4.75. The summed E-state index contributed by atoms with van der Waals surface area (Å²) in [5.74, 6) is 0. The summed E-state index contributed by atoms with van der Waals surface area (Å²) >= 11 is 3.50. The second kappa shape index (κ2) is 6.53. The minimum atomic E-state index is -0.385. The standard InChI is InChI=1S/C14H20BrNO/c15-13-8-4-3-7-12(13)14(17)11-16-9-5-1-2-6-10-16/h3-4,7-8,14,17H,1-2,5-6,9-11H2. The fraction of sp³-hybridized carbons (Fsp3) is 0.571. The Morgan fingerprint density at radius 2 is 1.76 bits per heavy atom. The van der Waals surface area contributed by atoms with Gasteiger partial charge in [0.25, 0.3) is 0 Å². The highest BCUT2D eigenvalue weighted by Gasteiger charge is 2.16. The summed E-state index contributed by atoms with van der Waals surface area (Å²) in [5.41, 5.74) is 0.997. The van der Waals surface area contributed by atoms with Gasteiger partial charge < -0.3 is 10.0 Å². The molecule has 2 nitrogen and oxygen atoms in total. The van der Waals surface area contributed by atoms with E-state index >= 15 is 0 Å². The molecule has 3 heteroatoms. The van der Waals surface area contributed by atoms with Gasteiger partial charge in [-0.3, -0.25) is 0 Å². The molecule has 0 amide bonds. The Bertz CT molecular complexity index is 348. The zero-order chi connectivity index (χ0) is 12.1. The third-order valence-electron chi connectivity index (χ3n) is 3.39. The van der Waals surface area contributed by atoms with Gasteiger partial charge in [-0.2, -0.15) is 0 Å². The monoisotopic (exact) mass is 297 g/mol. The van der Waals surface area contributed by atoms with Crippen LogP contribution in [0.15, 0.2) is 28.7 Å². The van der Waals surface area contributed by atoms with Gasteiger partial charge in [-0.25, -0.2) is 0 Å². The predicted octanol–water partition coefficient (Wildman–Crippen LogP) is 3.36. The SMILES string of the molecule is OC(CN1CCCCCC1)c1ccccc1Br. The maximum atomic E-state index is 10.3. The van der Waals surface area contributed by atoms with Crippen molar-refractivity contribution in [3.8, 4) is 0 Å². The fourth-order valence-corrected chi connectivity index (χ4v) is 2.96. The van der Waals surface area contributed by atoms with E-state index in [1.54, 1.807) is 0 Å². The van der Waals surface area contributed by atoms with E-state index in [1.165, 1.54) is 25.7 Å². The van der Waals surface area contributed by atoms with Crippen molar-refractivity contribution in [3.05, 3.63) is 34.3 Å². The quantitative estimate of drug-likeness (QED) is 0.925. The summed E-state index contributed by atoms with van der Waals surface area (Å²) in [4.78, 5) is 2.39. The molecule has 1 aromatic carbocycles. The van der Waals surface area contributed by atoms with Crippen molar-refractivity contribution in [1.29, 1.82) is 0 Å². The van der Waals surface area contributed by atoms with Crippen molar-refractivity contribution in [1.82, 2.24) is 4.90 Å². The molecule has 1 unspecified atom stereocenters. The highest BCUT2D eigenvalue weighted by Crippen LogP contribution is 2.24. The second-order valence-corrected chi connectivity index (χ2v) is 5.61. The van der Waals surface area contributed by atoms with Crippen LogP contribution >= 0.6 is 15.9 Å². The van der Waals surface area contributed by atoms with E-state index in [1.807, 2.05) is 24.3 Å². The number of aliphatic hydroxyl groups excluding tert-OH is 1. The van der Waals surface area contributed by atoms with Crippen LogP contribution in [0, 0.1) is 0 Å². The van der Waals surface area contributed by atoms with Gasteiger partial charge in [0.05, 0.1) is 6.10 Å². The molecule has 2 rings (SSSR count). The number of nitrogens with zero attached hydrogens (tertiary/aromatic N) is 1. The molecule has 1 saturated heterocycles. The van der Waals surface area contributed by atoms with Crippen LogP contribution in [0.1, 0.15) is 37.4 Å². The third kappa shape index (κ3) is 3.80. The van der Waals surface area contributed by atoms with Crippen LogP contribution in [0.25, 0.3) is 0 Å². The van der Waals surface area contributed by atoms with Gasteiger partial charge in [0.2, 0.25) is 0 Å². The molecule has 17 heavy (non-hydrogen) atoms. The molecular formula is C14H20BrNO. The van der Waals surface area contributed by atoms with Crippen molar-refractivity contribution in [3.63, 3.8) is 0 Å². The van der Waals surface area contributed by atoms with Crippen LogP contribution in [0.3, 0.4) is 0 Å². The molecule has 0 radical (unpaired) electrons. The van der Waals surface area contributed by atoms with E-state index in [0.29, 0.717) is 0 Å². The minimum absolute atomic E-state index is 0.385. The first kappa shape index (κ1) is 13.1. The van der Waals surface area contributed by atoms with Gasteiger partial charge in [0.15, 0.2) is 0 Å². The van der Waals surface area contributed by atoms with E-state index in [9.17, 15) is 5.11 Å². The molecular weight excluding hydrogens is 278 g/mol. The molecule has 0 spiro atoms. The summed E-state index contributed by atoms with van der Waals surface area (Å²) in [6.45, 7) is 3.01. The first-order valence-corrected chi connectivity index (χ1v) is 7.21. The van der Waals surface area contributed by atoms with E-state index in [4.69, 9.17) is 0 Å². The topological polar surface area (TPSA) is 23.5 Å². The van der Waals surface area contributed by atoms with Crippen LogP contribution in [0.2, 0.25) is 0 Å². The van der Waals surface area contributed by atoms with Gasteiger partial charge in [-0.1, -0.05) is 47.0 Å². The van der Waals surface area contributed by atoms with Crippen molar-refractivity contribution >= 4 is 15.9 Å². The summed E-state index contributed by atoms with van der Waals surface area (Å²) < 4.78 is 1.00. The number of aliphatic hydroxyl groups is 1. The lowest BCUT2D eigenvalue weighted by atomic mass is 10.1. The third-order valence-corrected chi connectivity index (χ3v) is 4.12. The molecule has 1 heterocycles. The van der Waals surface area contributed by atoms with Crippen molar-refractivity contribution in [2.24, 2.45) is 0 Å². The van der Waals surface area contributed by atoms with Gasteiger partial charge in [0.1, 0.15) is 0 Å². The normalized spacial score (nSPS) is 19.9. The average molecular weight is 298 g/mol. The molecule has 1 atom stereocenters. The Hall–Kier alpha value is -0.380. The summed E-state index contributed by atoms with van der Waals surface area (Å²) in [7, 11) is 0. The number of rotatable bonds is 3. The molecule has 1 aliphatic heterocycles. The predicted molar refractivity (Wildman–Crippen MR) is 74.0 cm³/mol. The smallest absolute Gasteiger partial charge is 0.0927 e. The Labute approximate surface area is 112 Å². The first-order valence-electron chi connectivity index (χ1n) is 6.42. The lowest BCUT2D eigenvalue weighted by Gasteiger charge is -2.23. The van der Waals surface area contributed by atoms with Crippen LogP contribution in [-0.4, -0.2) is 29.6 Å². The minimum Gasteiger partial charge on any atom is -0.387 e.